The molecule has 0 bridgehead atoms. The Hall–Kier alpha value is -3.26. The molecule has 4 rings (SSSR count). The molecule has 0 amide bonds. The Morgan fingerprint density at radius 2 is 1.82 bits per heavy atom. The molecule has 2 aromatic rings. The Balaban J connectivity index is 1.51. The second kappa shape index (κ2) is 10.6. The van der Waals surface area contributed by atoms with Gasteiger partial charge in [0.25, 0.3) is 0 Å². The second-order valence-corrected chi connectivity index (χ2v) is 8.41. The Bertz CT molecular complexity index is 996. The van der Waals surface area contributed by atoms with Gasteiger partial charge in [-0.15, -0.1) is 0 Å². The quantitative estimate of drug-likeness (QED) is 0.333. The lowest BCUT2D eigenvalue weighted by molar-refractivity contribution is -0.549. The summed E-state index contributed by atoms with van der Waals surface area (Å²) in [6, 6.07) is 13.4. The molecule has 1 atom stereocenters. The average molecular weight is 454 g/mol. The molecule has 5 N–H and O–H groups in total. The van der Waals surface area contributed by atoms with Gasteiger partial charge in [0, 0.05) is 12.0 Å². The van der Waals surface area contributed by atoms with Crippen molar-refractivity contribution in [2.45, 2.75) is 44.9 Å². The van der Waals surface area contributed by atoms with Gasteiger partial charge in [-0.05, 0) is 68.2 Å². The van der Waals surface area contributed by atoms with Crippen LogP contribution in [0.1, 0.15) is 42.6 Å². The Kier molecular flexibility index (Phi) is 7.34. The topological polar surface area (TPSA) is 112 Å². The summed E-state index contributed by atoms with van der Waals surface area (Å²) in [5.74, 6) is 1.27. The van der Waals surface area contributed by atoms with E-state index >= 15 is 0 Å². The number of rotatable bonds is 7. The van der Waals surface area contributed by atoms with E-state index in [4.69, 9.17) is 25.7 Å². The first-order valence-electron chi connectivity index (χ1n) is 11.6. The molecule has 0 aliphatic carbocycles. The van der Waals surface area contributed by atoms with Crippen LogP contribution in [0.25, 0.3) is 0 Å². The molecule has 2 aliphatic heterocycles. The number of esters is 1. The van der Waals surface area contributed by atoms with E-state index in [1.165, 1.54) is 5.56 Å². The minimum absolute atomic E-state index is 0.212. The highest BCUT2D eigenvalue weighted by Crippen LogP contribution is 2.29. The lowest BCUT2D eigenvalue weighted by Gasteiger charge is -2.24. The first-order valence-corrected chi connectivity index (χ1v) is 11.6. The average Bonchev–Trinajstić information content (AvgIpc) is 2.83. The van der Waals surface area contributed by atoms with Gasteiger partial charge in [-0.3, -0.25) is 16.0 Å². The number of nitrogens with one attached hydrogen (secondary N) is 1. The van der Waals surface area contributed by atoms with E-state index in [1.54, 1.807) is 6.92 Å². The molecule has 8 heteroatoms. The SMILES string of the molecule is CCOC(=O)C(Oc1ccc2c(c1)C[N+](=C(N)N)CC2)c1ccc(OC2CCNCC2)cc1. The van der Waals surface area contributed by atoms with Gasteiger partial charge in [0.05, 0.1) is 19.7 Å². The zero-order chi connectivity index (χ0) is 23.2. The Morgan fingerprint density at radius 3 is 2.52 bits per heavy atom. The highest BCUT2D eigenvalue weighted by Gasteiger charge is 2.26. The number of piperidine rings is 1. The lowest BCUT2D eigenvalue weighted by Crippen LogP contribution is -2.38. The molecule has 8 nitrogen and oxygen atoms in total. The summed E-state index contributed by atoms with van der Waals surface area (Å²) in [7, 11) is 0. The summed E-state index contributed by atoms with van der Waals surface area (Å²) in [6.07, 6.45) is 2.16. The molecular formula is C25H33N4O4+. The molecule has 1 unspecified atom stereocenters. The van der Waals surface area contributed by atoms with Crippen LogP contribution >= 0.6 is 0 Å². The number of nitrogens with two attached hydrogens (primary N) is 2. The van der Waals surface area contributed by atoms with E-state index in [-0.39, 0.29) is 12.7 Å². The fourth-order valence-electron chi connectivity index (χ4n) is 4.26. The van der Waals surface area contributed by atoms with Crippen LogP contribution in [-0.4, -0.2) is 48.8 Å². The maximum atomic E-state index is 12.7. The molecule has 0 spiro atoms. The number of carbonyl (C=O) groups is 1. The van der Waals surface area contributed by atoms with Gasteiger partial charge >= 0.3 is 11.9 Å². The van der Waals surface area contributed by atoms with Crippen LogP contribution in [0.4, 0.5) is 0 Å². The molecule has 1 fully saturated rings. The van der Waals surface area contributed by atoms with Gasteiger partial charge in [-0.1, -0.05) is 18.2 Å². The Labute approximate surface area is 194 Å². The van der Waals surface area contributed by atoms with Crippen LogP contribution in [0.3, 0.4) is 0 Å². The third-order valence-corrected chi connectivity index (χ3v) is 6.08. The third-order valence-electron chi connectivity index (χ3n) is 6.08. The van der Waals surface area contributed by atoms with Gasteiger partial charge in [0.2, 0.25) is 6.10 Å². The molecule has 0 aromatic heterocycles. The van der Waals surface area contributed by atoms with Crippen LogP contribution in [0.5, 0.6) is 11.5 Å². The van der Waals surface area contributed by atoms with E-state index in [0.29, 0.717) is 23.8 Å². The largest absolute Gasteiger partial charge is 0.490 e. The molecular weight excluding hydrogens is 420 g/mol. The highest BCUT2D eigenvalue weighted by molar-refractivity contribution is 5.77. The van der Waals surface area contributed by atoms with Crippen LogP contribution in [0.2, 0.25) is 0 Å². The molecule has 2 aromatic carbocycles. The number of carbonyl (C=O) groups excluding carboxylic acids is 1. The molecule has 0 saturated carbocycles. The summed E-state index contributed by atoms with van der Waals surface area (Å²) < 4.78 is 19.5. The first-order chi connectivity index (χ1) is 16.0. The van der Waals surface area contributed by atoms with E-state index < -0.39 is 12.1 Å². The Morgan fingerprint density at radius 1 is 1.09 bits per heavy atom. The highest BCUT2D eigenvalue weighted by atomic mass is 16.6. The number of ether oxygens (including phenoxy) is 3. The normalized spacial score (nSPS) is 17.1. The first kappa shape index (κ1) is 22.9. The summed E-state index contributed by atoms with van der Waals surface area (Å²) >= 11 is 0. The molecule has 176 valence electrons. The number of guanidine groups is 1. The van der Waals surface area contributed by atoms with Crippen molar-refractivity contribution in [3.05, 3.63) is 59.2 Å². The maximum Gasteiger partial charge on any atom is 0.352 e. The van der Waals surface area contributed by atoms with E-state index in [9.17, 15) is 4.79 Å². The van der Waals surface area contributed by atoms with Gasteiger partial charge in [0.15, 0.2) is 0 Å². The molecule has 1 saturated heterocycles. The fourth-order valence-corrected chi connectivity index (χ4v) is 4.26. The summed E-state index contributed by atoms with van der Waals surface area (Å²) in [6.45, 7) is 5.40. The number of benzene rings is 2. The lowest BCUT2D eigenvalue weighted by atomic mass is 10.0. The van der Waals surface area contributed by atoms with Gasteiger partial charge in [0.1, 0.15) is 17.6 Å². The van der Waals surface area contributed by atoms with Crippen molar-refractivity contribution in [2.75, 3.05) is 26.2 Å². The summed E-state index contributed by atoms with van der Waals surface area (Å²) in [5, 5.41) is 3.33. The van der Waals surface area contributed by atoms with E-state index in [0.717, 1.165) is 50.2 Å². The van der Waals surface area contributed by atoms with E-state index in [2.05, 4.69) is 5.32 Å². The van der Waals surface area contributed by atoms with Crippen molar-refractivity contribution >= 4 is 11.9 Å². The zero-order valence-electron chi connectivity index (χ0n) is 19.1. The van der Waals surface area contributed by atoms with Crippen molar-refractivity contribution in [1.82, 2.24) is 5.32 Å². The van der Waals surface area contributed by atoms with Gasteiger partial charge in [-0.25, -0.2) is 4.79 Å². The third kappa shape index (κ3) is 5.76. The van der Waals surface area contributed by atoms with Crippen molar-refractivity contribution in [2.24, 2.45) is 11.5 Å². The van der Waals surface area contributed by atoms with Crippen LogP contribution < -0.4 is 26.3 Å². The number of nitrogens with zero attached hydrogens (tertiary/aromatic N) is 1. The van der Waals surface area contributed by atoms with Gasteiger partial charge in [-0.2, -0.15) is 0 Å². The number of hydrogen-bond acceptors (Lipinski definition) is 5. The molecule has 2 heterocycles. The number of fused-ring (bicyclic) bond motifs is 1. The van der Waals surface area contributed by atoms with Crippen molar-refractivity contribution < 1.29 is 23.6 Å². The van der Waals surface area contributed by atoms with Crippen molar-refractivity contribution in [3.63, 3.8) is 0 Å². The fraction of sp³-hybridized carbons (Fsp3) is 0.440. The van der Waals surface area contributed by atoms with Crippen molar-refractivity contribution in [3.8, 4) is 11.5 Å². The summed E-state index contributed by atoms with van der Waals surface area (Å²) in [5.41, 5.74) is 14.6. The predicted octanol–water partition coefficient (Wildman–Crippen LogP) is 1.84. The van der Waals surface area contributed by atoms with Crippen LogP contribution in [0.15, 0.2) is 42.5 Å². The number of hydrogen-bond donors (Lipinski definition) is 3. The molecule has 2 aliphatic rings. The molecule has 0 radical (unpaired) electrons. The van der Waals surface area contributed by atoms with Crippen LogP contribution in [0, 0.1) is 0 Å². The van der Waals surface area contributed by atoms with E-state index in [1.807, 2.05) is 47.0 Å². The molecule has 33 heavy (non-hydrogen) atoms. The maximum absolute atomic E-state index is 12.7. The minimum Gasteiger partial charge on any atom is -0.490 e. The van der Waals surface area contributed by atoms with Crippen molar-refractivity contribution in [1.29, 1.82) is 0 Å². The summed E-state index contributed by atoms with van der Waals surface area (Å²) in [4.78, 5) is 12.7. The smallest absolute Gasteiger partial charge is 0.352 e. The zero-order valence-corrected chi connectivity index (χ0v) is 19.1. The predicted molar refractivity (Wildman–Crippen MR) is 125 cm³/mol. The van der Waals surface area contributed by atoms with Crippen LogP contribution in [-0.2, 0) is 22.5 Å². The second-order valence-electron chi connectivity index (χ2n) is 8.41. The minimum atomic E-state index is -0.873. The monoisotopic (exact) mass is 453 g/mol. The van der Waals surface area contributed by atoms with Gasteiger partial charge < -0.3 is 19.5 Å². The standard InChI is InChI=1S/C25H32N4O4/c1-2-31-24(30)23(18-4-6-20(7-5-18)32-21-9-12-28-13-10-21)33-22-8-3-17-11-14-29(25(26)27)16-19(17)15-22/h3-8,15,21,23,28H,2,9-14,16H2,1H3,(H3,26,27)/p+1.